The Labute approximate surface area is 120 Å². The minimum absolute atomic E-state index is 0.102. The number of carbonyl (C=O) groups is 1. The van der Waals surface area contributed by atoms with Crippen molar-refractivity contribution >= 4 is 5.91 Å². The van der Waals surface area contributed by atoms with Crippen molar-refractivity contribution in [1.29, 1.82) is 0 Å². The standard InChI is InChI=1S/C16H23NO3/c1-12-10-14(19-2)15(20-3)11-13(12)16(18)17-8-6-4-5-7-9-17/h10-11H,4-9H2,1-3H3. The lowest BCUT2D eigenvalue weighted by Gasteiger charge is -2.22. The molecule has 1 saturated heterocycles. The van der Waals surface area contributed by atoms with Crippen LogP contribution in [0, 0.1) is 6.92 Å². The van der Waals surface area contributed by atoms with Crippen molar-refractivity contribution in [1.82, 2.24) is 4.90 Å². The van der Waals surface area contributed by atoms with Crippen LogP contribution in [0.2, 0.25) is 0 Å². The predicted octanol–water partition coefficient (Wildman–Crippen LogP) is 3.03. The monoisotopic (exact) mass is 277 g/mol. The molecule has 0 saturated carbocycles. The molecule has 0 aliphatic carbocycles. The normalized spacial score (nSPS) is 15.7. The van der Waals surface area contributed by atoms with Crippen LogP contribution < -0.4 is 9.47 Å². The number of aryl methyl sites for hydroxylation is 1. The van der Waals surface area contributed by atoms with Gasteiger partial charge in [0.05, 0.1) is 14.2 Å². The maximum atomic E-state index is 12.7. The third-order valence-corrected chi connectivity index (χ3v) is 3.85. The van der Waals surface area contributed by atoms with E-state index in [9.17, 15) is 4.79 Å². The molecule has 20 heavy (non-hydrogen) atoms. The number of rotatable bonds is 3. The molecular formula is C16H23NO3. The second-order valence-electron chi connectivity index (χ2n) is 5.23. The van der Waals surface area contributed by atoms with E-state index in [2.05, 4.69) is 0 Å². The predicted molar refractivity (Wildman–Crippen MR) is 78.7 cm³/mol. The summed E-state index contributed by atoms with van der Waals surface area (Å²) < 4.78 is 10.6. The second-order valence-corrected chi connectivity index (χ2v) is 5.23. The molecule has 0 aromatic heterocycles. The highest BCUT2D eigenvalue weighted by Gasteiger charge is 2.21. The van der Waals surface area contributed by atoms with Crippen LogP contribution in [-0.4, -0.2) is 38.1 Å². The zero-order valence-electron chi connectivity index (χ0n) is 12.6. The molecule has 0 bridgehead atoms. The van der Waals surface area contributed by atoms with Gasteiger partial charge in [0.25, 0.3) is 5.91 Å². The number of amides is 1. The average molecular weight is 277 g/mol. The smallest absolute Gasteiger partial charge is 0.254 e. The highest BCUT2D eigenvalue weighted by Crippen LogP contribution is 2.31. The van der Waals surface area contributed by atoms with E-state index in [0.717, 1.165) is 31.5 Å². The van der Waals surface area contributed by atoms with Crippen LogP contribution in [0.25, 0.3) is 0 Å². The van der Waals surface area contributed by atoms with E-state index in [1.807, 2.05) is 17.9 Å². The summed E-state index contributed by atoms with van der Waals surface area (Å²) in [4.78, 5) is 14.6. The fourth-order valence-electron chi connectivity index (χ4n) is 2.66. The molecule has 0 radical (unpaired) electrons. The van der Waals surface area contributed by atoms with Crippen LogP contribution in [0.3, 0.4) is 0 Å². The van der Waals surface area contributed by atoms with Gasteiger partial charge < -0.3 is 14.4 Å². The number of nitrogens with zero attached hydrogens (tertiary/aromatic N) is 1. The van der Waals surface area contributed by atoms with Crippen molar-refractivity contribution in [3.8, 4) is 11.5 Å². The molecule has 0 N–H and O–H groups in total. The van der Waals surface area contributed by atoms with Gasteiger partial charge in [-0.3, -0.25) is 4.79 Å². The largest absolute Gasteiger partial charge is 0.493 e. The van der Waals surface area contributed by atoms with Crippen molar-refractivity contribution < 1.29 is 14.3 Å². The van der Waals surface area contributed by atoms with Gasteiger partial charge in [0.2, 0.25) is 0 Å². The molecule has 1 aliphatic heterocycles. The van der Waals surface area contributed by atoms with E-state index in [1.54, 1.807) is 20.3 Å². The number of likely N-dealkylation sites (tertiary alicyclic amines) is 1. The summed E-state index contributed by atoms with van der Waals surface area (Å²) >= 11 is 0. The average Bonchev–Trinajstić information content (AvgIpc) is 2.75. The molecule has 1 aromatic rings. The zero-order valence-corrected chi connectivity index (χ0v) is 12.6. The van der Waals surface area contributed by atoms with Crippen molar-refractivity contribution in [3.63, 3.8) is 0 Å². The first kappa shape index (κ1) is 14.7. The topological polar surface area (TPSA) is 38.8 Å². The van der Waals surface area contributed by atoms with Gasteiger partial charge >= 0.3 is 0 Å². The molecule has 1 aromatic carbocycles. The summed E-state index contributed by atoms with van der Waals surface area (Å²) in [7, 11) is 3.20. The van der Waals surface area contributed by atoms with Gasteiger partial charge in [0.15, 0.2) is 11.5 Å². The molecule has 1 fully saturated rings. The highest BCUT2D eigenvalue weighted by molar-refractivity contribution is 5.96. The van der Waals surface area contributed by atoms with Crippen LogP contribution in [0.4, 0.5) is 0 Å². The van der Waals surface area contributed by atoms with Gasteiger partial charge in [-0.2, -0.15) is 0 Å². The molecule has 1 amide bonds. The Morgan fingerprint density at radius 1 is 1.00 bits per heavy atom. The zero-order chi connectivity index (χ0) is 14.5. The molecule has 0 unspecified atom stereocenters. The Morgan fingerprint density at radius 3 is 2.10 bits per heavy atom. The number of hydrogen-bond donors (Lipinski definition) is 0. The first-order valence-corrected chi connectivity index (χ1v) is 7.19. The Balaban J connectivity index is 2.28. The molecular weight excluding hydrogens is 254 g/mol. The molecule has 1 aliphatic rings. The summed E-state index contributed by atoms with van der Waals surface area (Å²) in [5.74, 6) is 1.37. The maximum Gasteiger partial charge on any atom is 0.254 e. The number of ether oxygens (including phenoxy) is 2. The Morgan fingerprint density at radius 2 is 1.55 bits per heavy atom. The molecule has 4 heteroatoms. The number of carbonyl (C=O) groups excluding carboxylic acids is 1. The number of hydrogen-bond acceptors (Lipinski definition) is 3. The molecule has 4 nitrogen and oxygen atoms in total. The van der Waals surface area contributed by atoms with E-state index < -0.39 is 0 Å². The maximum absolute atomic E-state index is 12.7. The summed E-state index contributed by atoms with van der Waals surface area (Å²) in [6.45, 7) is 3.65. The Kier molecular flexibility index (Phi) is 4.88. The molecule has 0 spiro atoms. The van der Waals surface area contributed by atoms with Gasteiger partial charge in [-0.1, -0.05) is 12.8 Å². The van der Waals surface area contributed by atoms with Crippen molar-refractivity contribution in [2.75, 3.05) is 27.3 Å². The van der Waals surface area contributed by atoms with E-state index in [1.165, 1.54) is 12.8 Å². The van der Waals surface area contributed by atoms with Gasteiger partial charge in [-0.25, -0.2) is 0 Å². The van der Waals surface area contributed by atoms with E-state index in [-0.39, 0.29) is 5.91 Å². The molecule has 0 atom stereocenters. The Hall–Kier alpha value is -1.71. The van der Waals surface area contributed by atoms with Crippen molar-refractivity contribution in [2.45, 2.75) is 32.6 Å². The van der Waals surface area contributed by atoms with Gasteiger partial charge in [0, 0.05) is 18.7 Å². The lowest BCUT2D eigenvalue weighted by atomic mass is 10.1. The van der Waals surface area contributed by atoms with Crippen LogP contribution in [0.15, 0.2) is 12.1 Å². The summed E-state index contributed by atoms with van der Waals surface area (Å²) in [5, 5.41) is 0. The fourth-order valence-corrected chi connectivity index (χ4v) is 2.66. The molecule has 2 rings (SSSR count). The summed E-state index contributed by atoms with van der Waals surface area (Å²) in [6.07, 6.45) is 4.62. The SMILES string of the molecule is COc1cc(C)c(C(=O)N2CCCCCC2)cc1OC. The van der Waals surface area contributed by atoms with Gasteiger partial charge in [0.1, 0.15) is 0 Å². The van der Waals surface area contributed by atoms with E-state index in [4.69, 9.17) is 9.47 Å². The summed E-state index contributed by atoms with van der Waals surface area (Å²) in [5.41, 5.74) is 1.64. The minimum atomic E-state index is 0.102. The molecule has 1 heterocycles. The van der Waals surface area contributed by atoms with Crippen LogP contribution in [0.5, 0.6) is 11.5 Å². The Bertz CT molecular complexity index is 477. The number of benzene rings is 1. The third-order valence-electron chi connectivity index (χ3n) is 3.85. The highest BCUT2D eigenvalue weighted by atomic mass is 16.5. The van der Waals surface area contributed by atoms with Crippen LogP contribution in [-0.2, 0) is 0 Å². The quantitative estimate of drug-likeness (QED) is 0.852. The molecule has 110 valence electrons. The summed E-state index contributed by atoms with van der Waals surface area (Å²) in [6, 6.07) is 3.66. The van der Waals surface area contributed by atoms with E-state index in [0.29, 0.717) is 17.1 Å². The lowest BCUT2D eigenvalue weighted by Crippen LogP contribution is -2.32. The third kappa shape index (κ3) is 3.06. The number of methoxy groups -OCH3 is 2. The fraction of sp³-hybridized carbons (Fsp3) is 0.562. The van der Waals surface area contributed by atoms with Crippen molar-refractivity contribution in [3.05, 3.63) is 23.3 Å². The van der Waals surface area contributed by atoms with Gasteiger partial charge in [-0.15, -0.1) is 0 Å². The first-order valence-electron chi connectivity index (χ1n) is 7.19. The minimum Gasteiger partial charge on any atom is -0.493 e. The lowest BCUT2D eigenvalue weighted by molar-refractivity contribution is 0.0760. The van der Waals surface area contributed by atoms with Gasteiger partial charge in [-0.05, 0) is 37.5 Å². The second kappa shape index (κ2) is 6.64. The first-order chi connectivity index (χ1) is 9.67. The van der Waals surface area contributed by atoms with E-state index >= 15 is 0 Å². The van der Waals surface area contributed by atoms with Crippen LogP contribution >= 0.6 is 0 Å². The van der Waals surface area contributed by atoms with Crippen molar-refractivity contribution in [2.24, 2.45) is 0 Å². The van der Waals surface area contributed by atoms with Crippen LogP contribution in [0.1, 0.15) is 41.6 Å².